The Bertz CT molecular complexity index is 1360. The number of nitrogens with one attached hydrogen (secondary N) is 1. The Labute approximate surface area is 225 Å². The highest BCUT2D eigenvalue weighted by Crippen LogP contribution is 2.63. The molecule has 1 aromatic carbocycles. The van der Waals surface area contributed by atoms with Crippen molar-refractivity contribution in [3.05, 3.63) is 46.9 Å². The molecule has 3 aliphatic rings. The first-order valence-corrected chi connectivity index (χ1v) is 12.6. The lowest BCUT2D eigenvalue weighted by atomic mass is 10.0. The highest BCUT2D eigenvalue weighted by atomic mass is 35.5. The molecule has 2 aromatic heterocycles. The summed E-state index contributed by atoms with van der Waals surface area (Å²) in [7, 11) is 0. The second-order valence-electron chi connectivity index (χ2n) is 10.4. The molecule has 1 aliphatic carbocycles. The number of aromatic nitrogens is 3. The van der Waals surface area contributed by atoms with Crippen molar-refractivity contribution in [3.8, 4) is 17.0 Å². The molecule has 3 unspecified atom stereocenters. The number of halogens is 2. The zero-order chi connectivity index (χ0) is 25.2. The summed E-state index contributed by atoms with van der Waals surface area (Å²) in [6.45, 7) is 8.74. The summed E-state index contributed by atoms with van der Waals surface area (Å²) in [5.41, 5.74) is 3.60. The maximum atomic E-state index is 12.8. The number of rotatable bonds is 6. The van der Waals surface area contributed by atoms with E-state index < -0.39 is 0 Å². The van der Waals surface area contributed by atoms with Gasteiger partial charge in [0.25, 0.3) is 0 Å². The summed E-state index contributed by atoms with van der Waals surface area (Å²) < 4.78 is 13.7. The van der Waals surface area contributed by atoms with Gasteiger partial charge in [0.05, 0.1) is 30.5 Å². The van der Waals surface area contributed by atoms with Crippen LogP contribution in [-0.2, 0) is 20.9 Å². The van der Waals surface area contributed by atoms with Crippen LogP contribution < -0.4 is 10.1 Å². The molecular formula is C26H29Cl2N5O4. The van der Waals surface area contributed by atoms with Gasteiger partial charge < -0.3 is 14.8 Å². The summed E-state index contributed by atoms with van der Waals surface area (Å²) in [6, 6.07) is 5.61. The van der Waals surface area contributed by atoms with E-state index in [2.05, 4.69) is 15.4 Å². The van der Waals surface area contributed by atoms with E-state index in [-0.39, 0.29) is 54.1 Å². The van der Waals surface area contributed by atoms with Crippen molar-refractivity contribution in [1.29, 1.82) is 0 Å². The molecule has 3 aromatic rings. The van der Waals surface area contributed by atoms with Crippen molar-refractivity contribution in [2.45, 2.75) is 33.4 Å². The van der Waals surface area contributed by atoms with Crippen molar-refractivity contribution in [2.24, 2.45) is 17.3 Å². The van der Waals surface area contributed by atoms with Crippen LogP contribution in [0.2, 0.25) is 5.02 Å². The third-order valence-corrected chi connectivity index (χ3v) is 7.83. The van der Waals surface area contributed by atoms with Gasteiger partial charge in [0.1, 0.15) is 30.5 Å². The van der Waals surface area contributed by atoms with Crippen molar-refractivity contribution in [2.75, 3.05) is 26.3 Å². The fourth-order valence-electron chi connectivity index (χ4n) is 5.62. The number of benzene rings is 1. The van der Waals surface area contributed by atoms with Crippen molar-refractivity contribution < 1.29 is 19.1 Å². The van der Waals surface area contributed by atoms with E-state index in [1.807, 2.05) is 45.2 Å². The Morgan fingerprint density at radius 2 is 1.97 bits per heavy atom. The van der Waals surface area contributed by atoms with Crippen LogP contribution >= 0.6 is 24.0 Å². The summed E-state index contributed by atoms with van der Waals surface area (Å²) in [4.78, 5) is 31.6. The van der Waals surface area contributed by atoms with Gasteiger partial charge in [-0.2, -0.15) is 5.10 Å². The number of piperidine rings is 1. The van der Waals surface area contributed by atoms with E-state index in [0.717, 1.165) is 35.3 Å². The number of aryl methyl sites for hydroxylation is 1. The molecular weight excluding hydrogens is 517 g/mol. The number of morpholine rings is 1. The molecule has 9 nitrogen and oxygen atoms in total. The lowest BCUT2D eigenvalue weighted by molar-refractivity contribution is -0.143. The molecule has 37 heavy (non-hydrogen) atoms. The third kappa shape index (κ3) is 4.37. The predicted octanol–water partition coefficient (Wildman–Crippen LogP) is 3.29. The summed E-state index contributed by atoms with van der Waals surface area (Å²) in [6.07, 6.45) is 3.26. The summed E-state index contributed by atoms with van der Waals surface area (Å²) in [5.74, 6) is 0.114. The van der Waals surface area contributed by atoms with Gasteiger partial charge in [0, 0.05) is 29.9 Å². The minimum Gasteiger partial charge on any atom is -0.490 e. The average molecular weight is 546 g/mol. The lowest BCUT2D eigenvalue weighted by Crippen LogP contribution is -2.41. The quantitative estimate of drug-likeness (QED) is 0.474. The van der Waals surface area contributed by atoms with Gasteiger partial charge in [-0.25, -0.2) is 9.50 Å². The predicted molar refractivity (Wildman–Crippen MR) is 140 cm³/mol. The van der Waals surface area contributed by atoms with E-state index in [9.17, 15) is 9.59 Å². The van der Waals surface area contributed by atoms with Gasteiger partial charge in [-0.05, 0) is 41.7 Å². The number of hydrogen-bond donors (Lipinski definition) is 1. The minimum absolute atomic E-state index is 0. The number of fused-ring (bicyclic) bond motifs is 2. The van der Waals surface area contributed by atoms with Crippen molar-refractivity contribution in [1.82, 2.24) is 24.8 Å². The van der Waals surface area contributed by atoms with Crippen LogP contribution in [0.3, 0.4) is 0 Å². The van der Waals surface area contributed by atoms with Crippen LogP contribution in [0, 0.1) is 24.2 Å². The van der Waals surface area contributed by atoms with Gasteiger partial charge in [-0.3, -0.25) is 14.5 Å². The van der Waals surface area contributed by atoms with Gasteiger partial charge in [-0.15, -0.1) is 12.4 Å². The Kier molecular flexibility index (Phi) is 6.68. The second kappa shape index (κ2) is 9.54. The largest absolute Gasteiger partial charge is 0.490 e. The molecule has 3 fully saturated rings. The topological polar surface area (TPSA) is 98.1 Å². The lowest BCUT2D eigenvalue weighted by Gasteiger charge is -2.24. The molecule has 0 spiro atoms. The Morgan fingerprint density at radius 1 is 1.22 bits per heavy atom. The first-order chi connectivity index (χ1) is 17.3. The van der Waals surface area contributed by atoms with E-state index in [1.54, 1.807) is 4.52 Å². The molecule has 2 saturated heterocycles. The van der Waals surface area contributed by atoms with E-state index in [4.69, 9.17) is 21.1 Å². The first kappa shape index (κ1) is 25.9. The molecule has 0 bridgehead atoms. The highest BCUT2D eigenvalue weighted by Gasteiger charge is 2.72. The number of likely N-dealkylation sites (tertiary alicyclic amines) is 1. The maximum absolute atomic E-state index is 12.8. The molecule has 1 N–H and O–H groups in total. The molecule has 1 saturated carbocycles. The first-order valence-electron chi connectivity index (χ1n) is 12.2. The molecule has 11 heteroatoms. The Hall–Kier alpha value is -2.72. The molecule has 0 radical (unpaired) electrons. The third-order valence-electron chi connectivity index (χ3n) is 7.61. The van der Waals surface area contributed by atoms with E-state index in [1.165, 1.54) is 11.2 Å². The molecule has 4 heterocycles. The average Bonchev–Trinajstić information content (AvgIpc) is 3.10. The fraction of sp³-hybridized carbons (Fsp3) is 0.462. The number of carbonyl (C=O) groups is 2. The van der Waals surface area contributed by atoms with Crippen LogP contribution in [0.5, 0.6) is 5.75 Å². The van der Waals surface area contributed by atoms with Gasteiger partial charge in [-0.1, -0.05) is 25.4 Å². The van der Waals surface area contributed by atoms with Crippen LogP contribution in [0.25, 0.3) is 16.8 Å². The van der Waals surface area contributed by atoms with Gasteiger partial charge in [0.2, 0.25) is 11.8 Å². The summed E-state index contributed by atoms with van der Waals surface area (Å²) in [5, 5.41) is 8.24. The van der Waals surface area contributed by atoms with E-state index in [0.29, 0.717) is 29.7 Å². The number of nitrogens with zero attached hydrogens (tertiary/aromatic N) is 4. The normalized spacial score (nSPS) is 24.2. The molecule has 2 amide bonds. The summed E-state index contributed by atoms with van der Waals surface area (Å²) >= 11 is 6.44. The number of ether oxygens (including phenoxy) is 2. The number of imide groups is 1. The van der Waals surface area contributed by atoms with E-state index >= 15 is 0 Å². The Balaban J connectivity index is 0.00000280. The second-order valence-corrected chi connectivity index (χ2v) is 10.9. The number of hydrogen-bond acceptors (Lipinski definition) is 7. The van der Waals surface area contributed by atoms with Crippen LogP contribution in [0.4, 0.5) is 0 Å². The smallest absolute Gasteiger partial charge is 0.233 e. The van der Waals surface area contributed by atoms with Crippen molar-refractivity contribution >= 4 is 41.3 Å². The van der Waals surface area contributed by atoms with Crippen molar-refractivity contribution in [3.63, 3.8) is 0 Å². The zero-order valence-electron chi connectivity index (χ0n) is 20.9. The minimum atomic E-state index is -0.228. The highest BCUT2D eigenvalue weighted by molar-refractivity contribution is 6.31. The number of amides is 2. The number of carbonyl (C=O) groups excluding carboxylic acids is 2. The molecule has 2 aliphatic heterocycles. The van der Waals surface area contributed by atoms with Gasteiger partial charge in [0.15, 0.2) is 0 Å². The SMILES string of the molecule is Cc1cc(Cl)cc(-c2ncnn3cc(CN4C(=O)C5C(C4=O)C5(C)C)cc23)c1OCC1CNCCO1.Cl. The molecule has 6 rings (SSSR count). The standard InChI is InChI=1S/C26H28ClN5O4.ClH/c1-14-6-16(27)8-18(23(14)36-12-17-9-28-4-5-35-17)22-19-7-15(11-32(19)30-13-29-22)10-31-24(33)20-21(25(31)34)26(20,2)3;/h6-8,11,13,17,20-21,28H,4-5,9-10,12H2,1-3H3;1H. The molecule has 3 atom stereocenters. The maximum Gasteiger partial charge on any atom is 0.233 e. The van der Waals surface area contributed by atoms with Crippen LogP contribution in [0.15, 0.2) is 30.7 Å². The monoisotopic (exact) mass is 545 g/mol. The fourth-order valence-corrected chi connectivity index (χ4v) is 5.89. The van der Waals surface area contributed by atoms with Crippen LogP contribution in [-0.4, -0.2) is 63.7 Å². The van der Waals surface area contributed by atoms with Crippen LogP contribution in [0.1, 0.15) is 25.0 Å². The van der Waals surface area contributed by atoms with Gasteiger partial charge >= 0.3 is 0 Å². The Morgan fingerprint density at radius 3 is 2.68 bits per heavy atom. The zero-order valence-corrected chi connectivity index (χ0v) is 22.4. The molecule has 196 valence electrons.